The molecule has 0 aliphatic rings. The fraction of sp³-hybridized carbons (Fsp3) is 0.167. The van der Waals surface area contributed by atoms with E-state index in [4.69, 9.17) is 13.9 Å². The second-order valence-electron chi connectivity index (χ2n) is 4.95. The molecule has 0 amide bonds. The Labute approximate surface area is 137 Å². The molecule has 124 valence electrons. The number of halogens is 2. The van der Waals surface area contributed by atoms with E-state index >= 15 is 0 Å². The van der Waals surface area contributed by atoms with Crippen LogP contribution < -0.4 is 9.47 Å². The molecule has 1 aromatic heterocycles. The Morgan fingerprint density at radius 1 is 1.00 bits per heavy atom. The van der Waals surface area contributed by atoms with Gasteiger partial charge in [0.1, 0.15) is 11.4 Å². The number of oxazole rings is 1. The molecule has 4 nitrogen and oxygen atoms in total. The molecule has 0 spiro atoms. The summed E-state index contributed by atoms with van der Waals surface area (Å²) in [6, 6.07) is 16.5. The lowest BCUT2D eigenvalue weighted by molar-refractivity contribution is 0.0662. The molecule has 0 N–H and O–H groups in total. The van der Waals surface area contributed by atoms with Crippen molar-refractivity contribution in [3.63, 3.8) is 0 Å². The van der Waals surface area contributed by atoms with Gasteiger partial charge in [0.25, 0.3) is 6.43 Å². The van der Waals surface area contributed by atoms with Gasteiger partial charge in [-0.15, -0.1) is 0 Å². The first-order chi connectivity index (χ1) is 11.7. The third-order valence-electron chi connectivity index (χ3n) is 3.34. The van der Waals surface area contributed by atoms with E-state index in [1.54, 1.807) is 19.2 Å². The molecule has 0 saturated carbocycles. The zero-order chi connectivity index (χ0) is 16.9. The van der Waals surface area contributed by atoms with Crippen molar-refractivity contribution >= 4 is 0 Å². The molecular formula is C18H15F2NO3. The fourth-order valence-electron chi connectivity index (χ4n) is 2.23. The summed E-state index contributed by atoms with van der Waals surface area (Å²) in [5.41, 5.74) is 2.07. The van der Waals surface area contributed by atoms with Crippen molar-refractivity contribution in [1.82, 2.24) is 4.98 Å². The molecular weight excluding hydrogens is 316 g/mol. The van der Waals surface area contributed by atoms with Gasteiger partial charge in [0.2, 0.25) is 0 Å². The molecule has 2 aromatic carbocycles. The van der Waals surface area contributed by atoms with E-state index in [0.29, 0.717) is 17.2 Å². The highest BCUT2D eigenvalue weighted by Crippen LogP contribution is 2.35. The third-order valence-corrected chi connectivity index (χ3v) is 3.34. The standard InChI is InChI=1S/C18H15F2NO3/c1-22-14-9-7-12(8-10-14)16-17(13-5-3-2-4-6-13)24-18(21-16)23-11-15(19)20/h2-10,15H,11H2,1H3. The number of ether oxygens (including phenoxy) is 2. The van der Waals surface area contributed by atoms with Gasteiger partial charge in [0.05, 0.1) is 7.11 Å². The number of hydrogen-bond donors (Lipinski definition) is 0. The molecule has 1 heterocycles. The molecule has 24 heavy (non-hydrogen) atoms. The van der Waals surface area contributed by atoms with E-state index in [-0.39, 0.29) is 6.08 Å². The highest BCUT2D eigenvalue weighted by Gasteiger charge is 2.18. The van der Waals surface area contributed by atoms with Gasteiger partial charge in [-0.2, -0.15) is 4.98 Å². The van der Waals surface area contributed by atoms with Gasteiger partial charge < -0.3 is 13.9 Å². The number of methoxy groups -OCH3 is 1. The average Bonchev–Trinajstić information content (AvgIpc) is 3.05. The zero-order valence-corrected chi connectivity index (χ0v) is 12.9. The minimum absolute atomic E-state index is 0.181. The second-order valence-corrected chi connectivity index (χ2v) is 4.95. The van der Waals surface area contributed by atoms with E-state index in [2.05, 4.69) is 4.98 Å². The van der Waals surface area contributed by atoms with Crippen LogP contribution in [0.25, 0.3) is 22.6 Å². The van der Waals surface area contributed by atoms with Crippen LogP contribution in [0.15, 0.2) is 59.0 Å². The van der Waals surface area contributed by atoms with Crippen molar-refractivity contribution in [3.05, 3.63) is 54.6 Å². The van der Waals surface area contributed by atoms with Crippen molar-refractivity contribution < 1.29 is 22.7 Å². The number of benzene rings is 2. The minimum atomic E-state index is -2.60. The van der Waals surface area contributed by atoms with Crippen LogP contribution in [-0.4, -0.2) is 25.1 Å². The normalized spacial score (nSPS) is 10.8. The summed E-state index contributed by atoms with van der Waals surface area (Å²) in [4.78, 5) is 4.22. The van der Waals surface area contributed by atoms with Gasteiger partial charge in [-0.05, 0) is 24.3 Å². The molecule has 0 saturated heterocycles. The summed E-state index contributed by atoms with van der Waals surface area (Å²) in [6.07, 6.45) is -2.78. The summed E-state index contributed by atoms with van der Waals surface area (Å²) >= 11 is 0. The van der Waals surface area contributed by atoms with Crippen LogP contribution in [0.5, 0.6) is 11.8 Å². The summed E-state index contributed by atoms with van der Waals surface area (Å²) in [5, 5.41) is 0. The summed E-state index contributed by atoms with van der Waals surface area (Å²) in [6.45, 7) is -0.767. The van der Waals surface area contributed by atoms with E-state index in [9.17, 15) is 8.78 Å². The van der Waals surface area contributed by atoms with Crippen molar-refractivity contribution in [2.24, 2.45) is 0 Å². The molecule has 6 heteroatoms. The number of rotatable bonds is 6. The van der Waals surface area contributed by atoms with Crippen molar-refractivity contribution in [2.45, 2.75) is 6.43 Å². The molecule has 0 aliphatic carbocycles. The predicted octanol–water partition coefficient (Wildman–Crippen LogP) is 4.66. The SMILES string of the molecule is COc1ccc(-c2nc(OCC(F)F)oc2-c2ccccc2)cc1. The van der Waals surface area contributed by atoms with E-state index in [0.717, 1.165) is 11.1 Å². The quantitative estimate of drug-likeness (QED) is 0.659. The van der Waals surface area contributed by atoms with Crippen LogP contribution in [0.3, 0.4) is 0 Å². The fourth-order valence-corrected chi connectivity index (χ4v) is 2.23. The molecule has 0 atom stereocenters. The number of nitrogens with zero attached hydrogens (tertiary/aromatic N) is 1. The Hall–Kier alpha value is -2.89. The molecule has 3 rings (SSSR count). The second kappa shape index (κ2) is 7.12. The van der Waals surface area contributed by atoms with Gasteiger partial charge in [0.15, 0.2) is 12.4 Å². The van der Waals surface area contributed by atoms with Crippen LogP contribution in [0.1, 0.15) is 0 Å². The van der Waals surface area contributed by atoms with Gasteiger partial charge in [0, 0.05) is 11.1 Å². The summed E-state index contributed by atoms with van der Waals surface area (Å²) < 4.78 is 40.3. The Morgan fingerprint density at radius 3 is 2.33 bits per heavy atom. The minimum Gasteiger partial charge on any atom is -0.497 e. The lowest BCUT2D eigenvalue weighted by atomic mass is 10.1. The lowest BCUT2D eigenvalue weighted by Crippen LogP contribution is -2.06. The first-order valence-corrected chi connectivity index (χ1v) is 7.29. The smallest absolute Gasteiger partial charge is 0.394 e. The molecule has 3 aromatic rings. The Morgan fingerprint density at radius 2 is 1.71 bits per heavy atom. The predicted molar refractivity (Wildman–Crippen MR) is 85.4 cm³/mol. The Balaban J connectivity index is 2.01. The maximum atomic E-state index is 12.3. The summed E-state index contributed by atoms with van der Waals surface area (Å²) in [7, 11) is 1.58. The lowest BCUT2D eigenvalue weighted by Gasteiger charge is -2.03. The summed E-state index contributed by atoms with van der Waals surface area (Å²) in [5.74, 6) is 1.17. The van der Waals surface area contributed by atoms with E-state index in [1.165, 1.54) is 0 Å². The van der Waals surface area contributed by atoms with Crippen LogP contribution in [0.2, 0.25) is 0 Å². The van der Waals surface area contributed by atoms with Gasteiger partial charge >= 0.3 is 6.08 Å². The number of aromatic nitrogens is 1. The van der Waals surface area contributed by atoms with Gasteiger partial charge in [-0.25, -0.2) is 8.78 Å². The van der Waals surface area contributed by atoms with Crippen molar-refractivity contribution in [2.75, 3.05) is 13.7 Å². The van der Waals surface area contributed by atoms with Gasteiger partial charge in [-0.1, -0.05) is 30.3 Å². The zero-order valence-electron chi connectivity index (χ0n) is 12.9. The van der Waals surface area contributed by atoms with Crippen LogP contribution in [-0.2, 0) is 0 Å². The first kappa shape index (κ1) is 16.0. The van der Waals surface area contributed by atoms with Crippen LogP contribution in [0, 0.1) is 0 Å². The molecule has 0 unspecified atom stereocenters. The Bertz CT molecular complexity index is 786. The maximum Gasteiger partial charge on any atom is 0.394 e. The van der Waals surface area contributed by atoms with Crippen LogP contribution >= 0.6 is 0 Å². The van der Waals surface area contributed by atoms with Crippen molar-refractivity contribution in [1.29, 1.82) is 0 Å². The van der Waals surface area contributed by atoms with Crippen LogP contribution in [0.4, 0.5) is 8.78 Å². The third kappa shape index (κ3) is 3.53. The molecule has 0 radical (unpaired) electrons. The van der Waals surface area contributed by atoms with Crippen molar-refractivity contribution in [3.8, 4) is 34.4 Å². The average molecular weight is 331 g/mol. The highest BCUT2D eigenvalue weighted by atomic mass is 19.3. The van der Waals surface area contributed by atoms with E-state index < -0.39 is 13.0 Å². The first-order valence-electron chi connectivity index (χ1n) is 7.29. The molecule has 0 fully saturated rings. The maximum absolute atomic E-state index is 12.3. The van der Waals surface area contributed by atoms with Gasteiger partial charge in [-0.3, -0.25) is 0 Å². The van der Waals surface area contributed by atoms with E-state index in [1.807, 2.05) is 42.5 Å². The Kier molecular flexibility index (Phi) is 4.74. The monoisotopic (exact) mass is 331 g/mol. The molecule has 0 bridgehead atoms. The topological polar surface area (TPSA) is 44.5 Å². The number of alkyl halides is 2. The largest absolute Gasteiger partial charge is 0.497 e. The highest BCUT2D eigenvalue weighted by molar-refractivity contribution is 5.77. The molecule has 0 aliphatic heterocycles. The number of hydrogen-bond acceptors (Lipinski definition) is 4.